The molecule has 7 heteroatoms. The molecule has 26 heavy (non-hydrogen) atoms. The summed E-state index contributed by atoms with van der Waals surface area (Å²) in [5, 5.41) is 6.98. The Kier molecular flexibility index (Phi) is 4.71. The lowest BCUT2D eigenvalue weighted by Crippen LogP contribution is -2.23. The molecule has 0 radical (unpaired) electrons. The van der Waals surface area contributed by atoms with E-state index in [9.17, 15) is 4.79 Å². The molecule has 1 saturated carbocycles. The van der Waals surface area contributed by atoms with Crippen LogP contribution in [0.3, 0.4) is 0 Å². The largest absolute Gasteiger partial charge is 0.484 e. The van der Waals surface area contributed by atoms with Crippen LogP contribution in [-0.2, 0) is 17.9 Å². The van der Waals surface area contributed by atoms with Gasteiger partial charge in [-0.05, 0) is 44.0 Å². The van der Waals surface area contributed by atoms with Crippen LogP contribution in [0.1, 0.15) is 29.2 Å². The van der Waals surface area contributed by atoms with E-state index in [1.807, 2.05) is 43.3 Å². The number of amides is 1. The Morgan fingerprint density at radius 3 is 2.85 bits per heavy atom. The molecule has 1 N–H and O–H groups in total. The second-order valence-corrected chi connectivity index (χ2v) is 7.54. The summed E-state index contributed by atoms with van der Waals surface area (Å²) in [6.45, 7) is 2.80. The van der Waals surface area contributed by atoms with Gasteiger partial charge < -0.3 is 14.6 Å². The molecule has 0 unspecified atom stereocenters. The Morgan fingerprint density at radius 2 is 2.08 bits per heavy atom. The van der Waals surface area contributed by atoms with Gasteiger partial charge in [0.2, 0.25) is 11.7 Å². The minimum Gasteiger partial charge on any atom is -0.484 e. The van der Waals surface area contributed by atoms with E-state index in [0.717, 1.165) is 28.3 Å². The first-order valence-electron chi connectivity index (χ1n) is 8.56. The zero-order valence-corrected chi connectivity index (χ0v) is 15.2. The van der Waals surface area contributed by atoms with Crippen molar-refractivity contribution in [2.45, 2.75) is 32.9 Å². The minimum atomic E-state index is 0.148. The molecule has 1 aliphatic rings. The van der Waals surface area contributed by atoms with Crippen molar-refractivity contribution in [1.82, 2.24) is 15.5 Å². The van der Waals surface area contributed by atoms with Crippen LogP contribution in [0.2, 0.25) is 0 Å². The molecule has 0 saturated heterocycles. The average Bonchev–Trinajstić information content (AvgIpc) is 3.21. The van der Waals surface area contributed by atoms with Crippen molar-refractivity contribution in [3.8, 4) is 16.5 Å². The van der Waals surface area contributed by atoms with Gasteiger partial charge in [0, 0.05) is 10.8 Å². The van der Waals surface area contributed by atoms with Gasteiger partial charge in [0.05, 0.1) is 11.4 Å². The van der Waals surface area contributed by atoms with Crippen LogP contribution in [0.15, 0.2) is 40.9 Å². The van der Waals surface area contributed by atoms with Gasteiger partial charge in [0.1, 0.15) is 5.75 Å². The maximum absolute atomic E-state index is 11.7. The molecule has 6 nitrogen and oxygen atoms in total. The van der Waals surface area contributed by atoms with Crippen molar-refractivity contribution >= 4 is 17.2 Å². The van der Waals surface area contributed by atoms with E-state index >= 15 is 0 Å². The van der Waals surface area contributed by atoms with Gasteiger partial charge in [-0.3, -0.25) is 4.79 Å². The summed E-state index contributed by atoms with van der Waals surface area (Å²) in [6, 6.07) is 11.7. The van der Waals surface area contributed by atoms with Crippen molar-refractivity contribution < 1.29 is 14.1 Å². The lowest BCUT2D eigenvalue weighted by atomic mass is 10.2. The molecule has 1 amide bonds. The lowest BCUT2D eigenvalue weighted by Gasteiger charge is -2.02. The monoisotopic (exact) mass is 369 g/mol. The summed E-state index contributed by atoms with van der Waals surface area (Å²) in [7, 11) is 0. The Hall–Kier alpha value is -2.67. The molecule has 0 aliphatic heterocycles. The van der Waals surface area contributed by atoms with Crippen molar-refractivity contribution in [2.75, 3.05) is 0 Å². The van der Waals surface area contributed by atoms with Crippen molar-refractivity contribution in [2.24, 2.45) is 5.92 Å². The van der Waals surface area contributed by atoms with E-state index in [-0.39, 0.29) is 18.4 Å². The zero-order chi connectivity index (χ0) is 17.9. The lowest BCUT2D eigenvalue weighted by molar-refractivity contribution is -0.122. The fourth-order valence-corrected chi connectivity index (χ4v) is 3.32. The second-order valence-electron chi connectivity index (χ2n) is 6.37. The van der Waals surface area contributed by atoms with E-state index in [1.165, 1.54) is 5.56 Å². The highest BCUT2D eigenvalue weighted by Crippen LogP contribution is 2.30. The number of carbonyl (C=O) groups excluding carboxylic acids is 1. The zero-order valence-electron chi connectivity index (χ0n) is 14.4. The first-order valence-corrected chi connectivity index (χ1v) is 9.38. The normalized spacial score (nSPS) is 13.6. The van der Waals surface area contributed by atoms with Crippen LogP contribution in [-0.4, -0.2) is 16.0 Å². The number of ether oxygens (including phenoxy) is 1. The predicted octanol–water partition coefficient (Wildman–Crippen LogP) is 3.71. The van der Waals surface area contributed by atoms with E-state index in [4.69, 9.17) is 9.26 Å². The van der Waals surface area contributed by atoms with Crippen molar-refractivity contribution in [1.29, 1.82) is 0 Å². The molecule has 134 valence electrons. The second kappa shape index (κ2) is 7.29. The van der Waals surface area contributed by atoms with Crippen molar-refractivity contribution in [3.63, 3.8) is 0 Å². The molecule has 1 aromatic carbocycles. The Bertz CT molecular complexity index is 897. The minimum absolute atomic E-state index is 0.148. The number of aryl methyl sites for hydroxylation is 1. The number of benzene rings is 1. The van der Waals surface area contributed by atoms with Gasteiger partial charge in [-0.1, -0.05) is 22.9 Å². The summed E-state index contributed by atoms with van der Waals surface area (Å²) in [4.78, 5) is 18.1. The Balaban J connectivity index is 1.33. The number of carbonyl (C=O) groups is 1. The van der Waals surface area contributed by atoms with Crippen molar-refractivity contribution in [3.05, 3.63) is 52.7 Å². The van der Waals surface area contributed by atoms with Gasteiger partial charge in [0.25, 0.3) is 5.89 Å². The predicted molar refractivity (Wildman–Crippen MR) is 97.7 cm³/mol. The topological polar surface area (TPSA) is 77.2 Å². The molecule has 0 bridgehead atoms. The summed E-state index contributed by atoms with van der Waals surface area (Å²) in [6.07, 6.45) is 2.02. The van der Waals surface area contributed by atoms with Crippen LogP contribution >= 0.6 is 11.3 Å². The number of aromatic nitrogens is 2. The van der Waals surface area contributed by atoms with Crippen LogP contribution in [0.5, 0.6) is 5.75 Å². The first-order chi connectivity index (χ1) is 12.7. The first kappa shape index (κ1) is 16.8. The molecule has 0 spiro atoms. The number of thiophene rings is 1. The SMILES string of the molecule is Cc1ccc(OCc2nc(-c3ccc(CNC(=O)C4CC4)s3)no2)cc1. The standard InChI is InChI=1S/C19H19N3O3S/c1-12-2-6-14(7-3-12)24-11-17-21-18(22-25-17)16-9-8-15(26-16)10-20-19(23)13-4-5-13/h2-3,6-9,13H,4-5,10-11H2,1H3,(H,20,23). The molecular formula is C19H19N3O3S. The van der Waals surface area contributed by atoms with E-state index in [0.29, 0.717) is 18.3 Å². The molecule has 1 aliphatic carbocycles. The van der Waals surface area contributed by atoms with Crippen LogP contribution in [0, 0.1) is 12.8 Å². The third-order valence-electron chi connectivity index (χ3n) is 4.12. The molecule has 2 aromatic heterocycles. The van der Waals surface area contributed by atoms with Crippen LogP contribution in [0.25, 0.3) is 10.7 Å². The highest BCUT2D eigenvalue weighted by molar-refractivity contribution is 7.15. The maximum Gasteiger partial charge on any atom is 0.264 e. The highest BCUT2D eigenvalue weighted by atomic mass is 32.1. The number of nitrogens with zero attached hydrogens (tertiary/aromatic N) is 2. The van der Waals surface area contributed by atoms with Gasteiger partial charge in [-0.25, -0.2) is 0 Å². The van der Waals surface area contributed by atoms with E-state index < -0.39 is 0 Å². The third-order valence-corrected chi connectivity index (χ3v) is 5.20. The molecule has 3 aromatic rings. The fourth-order valence-electron chi connectivity index (χ4n) is 2.45. The third kappa shape index (κ3) is 4.11. The summed E-state index contributed by atoms with van der Waals surface area (Å²) in [5.41, 5.74) is 1.18. The summed E-state index contributed by atoms with van der Waals surface area (Å²) in [5.74, 6) is 2.10. The number of nitrogens with one attached hydrogen (secondary N) is 1. The average molecular weight is 369 g/mol. The van der Waals surface area contributed by atoms with E-state index in [2.05, 4.69) is 15.5 Å². The molecular weight excluding hydrogens is 350 g/mol. The highest BCUT2D eigenvalue weighted by Gasteiger charge is 2.29. The molecule has 4 rings (SSSR count). The fraction of sp³-hybridized carbons (Fsp3) is 0.316. The summed E-state index contributed by atoms with van der Waals surface area (Å²) >= 11 is 1.55. The van der Waals surface area contributed by atoms with Crippen LogP contribution in [0.4, 0.5) is 0 Å². The Labute approximate surface area is 155 Å². The quantitative estimate of drug-likeness (QED) is 0.687. The smallest absolute Gasteiger partial charge is 0.264 e. The number of hydrogen-bond acceptors (Lipinski definition) is 6. The number of hydrogen-bond donors (Lipinski definition) is 1. The van der Waals surface area contributed by atoms with E-state index in [1.54, 1.807) is 11.3 Å². The summed E-state index contributed by atoms with van der Waals surface area (Å²) < 4.78 is 10.9. The molecule has 2 heterocycles. The Morgan fingerprint density at radius 1 is 1.27 bits per heavy atom. The van der Waals surface area contributed by atoms with Crippen LogP contribution < -0.4 is 10.1 Å². The molecule has 1 fully saturated rings. The molecule has 0 atom stereocenters. The van der Waals surface area contributed by atoms with Gasteiger partial charge in [0.15, 0.2) is 6.61 Å². The van der Waals surface area contributed by atoms with Gasteiger partial charge in [-0.2, -0.15) is 4.98 Å². The van der Waals surface area contributed by atoms with Gasteiger partial charge in [-0.15, -0.1) is 11.3 Å². The maximum atomic E-state index is 11.7. The van der Waals surface area contributed by atoms with Gasteiger partial charge >= 0.3 is 0 Å². The number of rotatable bonds is 7.